The fourth-order valence-electron chi connectivity index (χ4n) is 1.81. The number of para-hydroxylation sites is 2. The van der Waals surface area contributed by atoms with E-state index in [4.69, 9.17) is 0 Å². The second-order valence-electron chi connectivity index (χ2n) is 4.08. The first kappa shape index (κ1) is 13.4. The fraction of sp³-hybridized carbons (Fsp3) is 0.143. The van der Waals surface area contributed by atoms with Gasteiger partial charge in [0.2, 0.25) is 0 Å². The summed E-state index contributed by atoms with van der Waals surface area (Å²) in [6.45, 7) is 1.95. The van der Waals surface area contributed by atoms with Crippen LogP contribution in [-0.2, 0) is 16.4 Å². The molecule has 0 heterocycles. The van der Waals surface area contributed by atoms with E-state index < -0.39 is 10.0 Å². The monoisotopic (exact) mass is 277 g/mol. The molecule has 0 aliphatic carbocycles. The summed E-state index contributed by atoms with van der Waals surface area (Å²) < 4.78 is 26.9. The number of anilines is 1. The lowest BCUT2D eigenvalue weighted by atomic mass is 10.1. The number of phenols is 1. The number of hydrogen-bond acceptors (Lipinski definition) is 3. The maximum atomic E-state index is 12.2. The van der Waals surface area contributed by atoms with E-state index in [1.165, 1.54) is 12.1 Å². The molecule has 4 nitrogen and oxygen atoms in total. The Morgan fingerprint density at radius 1 is 1.05 bits per heavy atom. The molecule has 0 spiro atoms. The summed E-state index contributed by atoms with van der Waals surface area (Å²) in [6, 6.07) is 13.1. The van der Waals surface area contributed by atoms with E-state index in [-0.39, 0.29) is 10.6 Å². The maximum absolute atomic E-state index is 12.2. The van der Waals surface area contributed by atoms with Gasteiger partial charge in [-0.15, -0.1) is 0 Å². The minimum absolute atomic E-state index is 0.124. The van der Waals surface area contributed by atoms with Crippen molar-refractivity contribution in [2.45, 2.75) is 18.2 Å². The third-order valence-electron chi connectivity index (χ3n) is 2.80. The molecular formula is C14H15NO3S. The van der Waals surface area contributed by atoms with Gasteiger partial charge >= 0.3 is 0 Å². The molecule has 0 saturated carbocycles. The average Bonchev–Trinajstić information content (AvgIpc) is 2.39. The zero-order valence-electron chi connectivity index (χ0n) is 10.5. The van der Waals surface area contributed by atoms with Gasteiger partial charge in [-0.1, -0.05) is 37.3 Å². The highest BCUT2D eigenvalue weighted by molar-refractivity contribution is 7.92. The lowest BCUT2D eigenvalue weighted by Gasteiger charge is -2.12. The zero-order valence-corrected chi connectivity index (χ0v) is 11.3. The van der Waals surface area contributed by atoms with E-state index in [1.54, 1.807) is 24.3 Å². The number of hydrogen-bond donors (Lipinski definition) is 2. The standard InChI is InChI=1S/C14H15NO3S/c1-2-11-7-3-4-8-12(11)15-19(17,18)14-10-6-5-9-13(14)16/h3-10,15-16H,2H2,1H3. The van der Waals surface area contributed by atoms with Crippen LogP contribution in [0.5, 0.6) is 5.75 Å². The van der Waals surface area contributed by atoms with Crippen molar-refractivity contribution < 1.29 is 13.5 Å². The van der Waals surface area contributed by atoms with Crippen LogP contribution in [0, 0.1) is 0 Å². The third kappa shape index (κ3) is 2.88. The Morgan fingerprint density at radius 2 is 1.68 bits per heavy atom. The molecule has 100 valence electrons. The highest BCUT2D eigenvalue weighted by Crippen LogP contribution is 2.25. The number of phenolic OH excluding ortho intramolecular Hbond substituents is 1. The van der Waals surface area contributed by atoms with Crippen LogP contribution in [0.15, 0.2) is 53.4 Å². The van der Waals surface area contributed by atoms with Gasteiger partial charge in [0, 0.05) is 0 Å². The summed E-state index contributed by atoms with van der Waals surface area (Å²) in [4.78, 5) is -0.124. The molecule has 0 radical (unpaired) electrons. The van der Waals surface area contributed by atoms with E-state index in [0.29, 0.717) is 5.69 Å². The molecule has 0 bridgehead atoms. The minimum atomic E-state index is -3.78. The largest absolute Gasteiger partial charge is 0.507 e. The number of sulfonamides is 1. The number of aryl methyl sites for hydroxylation is 1. The van der Waals surface area contributed by atoms with Gasteiger partial charge in [-0.05, 0) is 30.2 Å². The van der Waals surface area contributed by atoms with Crippen molar-refractivity contribution >= 4 is 15.7 Å². The molecule has 0 aromatic heterocycles. The molecule has 0 aliphatic rings. The SMILES string of the molecule is CCc1ccccc1NS(=O)(=O)c1ccccc1O. The van der Waals surface area contributed by atoms with Crippen molar-refractivity contribution in [2.75, 3.05) is 4.72 Å². The van der Waals surface area contributed by atoms with Crippen molar-refractivity contribution in [2.24, 2.45) is 0 Å². The molecule has 2 N–H and O–H groups in total. The van der Waals surface area contributed by atoms with Crippen molar-refractivity contribution in [1.82, 2.24) is 0 Å². The molecule has 0 fully saturated rings. The van der Waals surface area contributed by atoms with Gasteiger partial charge in [0.1, 0.15) is 10.6 Å². The Hall–Kier alpha value is -2.01. The number of aromatic hydroxyl groups is 1. The Balaban J connectivity index is 2.40. The third-order valence-corrected chi connectivity index (χ3v) is 4.21. The molecule has 19 heavy (non-hydrogen) atoms. The van der Waals surface area contributed by atoms with Crippen LogP contribution in [0.4, 0.5) is 5.69 Å². The Bertz CT molecular complexity index is 681. The number of nitrogens with one attached hydrogen (secondary N) is 1. The van der Waals surface area contributed by atoms with Crippen LogP contribution < -0.4 is 4.72 Å². The van der Waals surface area contributed by atoms with Crippen molar-refractivity contribution in [1.29, 1.82) is 0 Å². The van der Waals surface area contributed by atoms with Crippen molar-refractivity contribution in [3.05, 3.63) is 54.1 Å². The van der Waals surface area contributed by atoms with E-state index in [9.17, 15) is 13.5 Å². The second-order valence-corrected chi connectivity index (χ2v) is 5.73. The summed E-state index contributed by atoms with van der Waals surface area (Å²) in [5.41, 5.74) is 1.44. The topological polar surface area (TPSA) is 66.4 Å². The van der Waals surface area contributed by atoms with Crippen molar-refractivity contribution in [3.63, 3.8) is 0 Å². The molecular weight excluding hydrogens is 262 g/mol. The molecule has 2 aromatic carbocycles. The normalized spacial score (nSPS) is 11.2. The van der Waals surface area contributed by atoms with Crippen molar-refractivity contribution in [3.8, 4) is 5.75 Å². The van der Waals surface area contributed by atoms with E-state index in [2.05, 4.69) is 4.72 Å². The molecule has 5 heteroatoms. The average molecular weight is 277 g/mol. The fourth-order valence-corrected chi connectivity index (χ4v) is 3.01. The van der Waals surface area contributed by atoms with Crippen LogP contribution in [0.25, 0.3) is 0 Å². The molecule has 2 rings (SSSR count). The first-order chi connectivity index (χ1) is 9.04. The number of rotatable bonds is 4. The summed E-state index contributed by atoms with van der Waals surface area (Å²) in [6.07, 6.45) is 0.722. The Labute approximate surface area is 112 Å². The van der Waals surface area contributed by atoms with Gasteiger partial charge in [-0.3, -0.25) is 4.72 Å². The Kier molecular flexibility index (Phi) is 3.76. The summed E-state index contributed by atoms with van der Waals surface area (Å²) in [5.74, 6) is -0.260. The van der Waals surface area contributed by atoms with Gasteiger partial charge in [-0.2, -0.15) is 0 Å². The molecule has 0 amide bonds. The van der Waals surface area contributed by atoms with Crippen LogP contribution in [0.1, 0.15) is 12.5 Å². The second kappa shape index (κ2) is 5.32. The first-order valence-electron chi connectivity index (χ1n) is 5.93. The molecule has 0 saturated heterocycles. The highest BCUT2D eigenvalue weighted by Gasteiger charge is 2.18. The van der Waals surface area contributed by atoms with Crippen LogP contribution in [0.3, 0.4) is 0 Å². The summed E-state index contributed by atoms with van der Waals surface area (Å²) in [5, 5.41) is 9.63. The summed E-state index contributed by atoms with van der Waals surface area (Å²) >= 11 is 0. The molecule has 0 unspecified atom stereocenters. The maximum Gasteiger partial charge on any atom is 0.265 e. The van der Waals surface area contributed by atoms with E-state index in [0.717, 1.165) is 12.0 Å². The predicted molar refractivity (Wildman–Crippen MR) is 74.7 cm³/mol. The molecule has 0 aliphatic heterocycles. The Morgan fingerprint density at radius 3 is 2.37 bits per heavy atom. The molecule has 0 atom stereocenters. The number of benzene rings is 2. The first-order valence-corrected chi connectivity index (χ1v) is 7.41. The molecule has 2 aromatic rings. The van der Waals surface area contributed by atoms with Crippen LogP contribution in [-0.4, -0.2) is 13.5 Å². The van der Waals surface area contributed by atoms with E-state index in [1.807, 2.05) is 19.1 Å². The highest BCUT2D eigenvalue weighted by atomic mass is 32.2. The smallest absolute Gasteiger partial charge is 0.265 e. The lowest BCUT2D eigenvalue weighted by Crippen LogP contribution is -2.14. The van der Waals surface area contributed by atoms with Gasteiger partial charge in [0.05, 0.1) is 5.69 Å². The zero-order chi connectivity index (χ0) is 13.9. The lowest BCUT2D eigenvalue weighted by molar-refractivity contribution is 0.459. The quantitative estimate of drug-likeness (QED) is 0.903. The minimum Gasteiger partial charge on any atom is -0.507 e. The van der Waals surface area contributed by atoms with E-state index >= 15 is 0 Å². The van der Waals surface area contributed by atoms with Gasteiger partial charge in [0.15, 0.2) is 0 Å². The van der Waals surface area contributed by atoms with Gasteiger partial charge in [0.25, 0.3) is 10.0 Å². The summed E-state index contributed by atoms with van der Waals surface area (Å²) in [7, 11) is -3.78. The van der Waals surface area contributed by atoms with Gasteiger partial charge < -0.3 is 5.11 Å². The van der Waals surface area contributed by atoms with Crippen LogP contribution in [0.2, 0.25) is 0 Å². The van der Waals surface area contributed by atoms with Gasteiger partial charge in [-0.25, -0.2) is 8.42 Å². The van der Waals surface area contributed by atoms with Crippen LogP contribution >= 0.6 is 0 Å². The predicted octanol–water partition coefficient (Wildman–Crippen LogP) is 2.76.